The highest BCUT2D eigenvalue weighted by molar-refractivity contribution is 6.21. The van der Waals surface area contributed by atoms with Crippen LogP contribution in [0.15, 0.2) is 48.8 Å². The smallest absolute Gasteiger partial charge is 0.336 e. The Morgan fingerprint density at radius 3 is 2.69 bits per heavy atom. The van der Waals surface area contributed by atoms with E-state index in [2.05, 4.69) is 15.3 Å². The molecule has 0 spiro atoms. The number of amides is 2. The zero-order chi connectivity index (χ0) is 20.2. The number of pyridine rings is 1. The number of hydrogen-bond donors (Lipinski definition) is 3. The van der Waals surface area contributed by atoms with E-state index in [-0.39, 0.29) is 11.6 Å². The van der Waals surface area contributed by atoms with E-state index in [9.17, 15) is 14.7 Å². The van der Waals surface area contributed by atoms with Gasteiger partial charge in [-0.2, -0.15) is 0 Å². The van der Waals surface area contributed by atoms with Crippen molar-refractivity contribution in [2.75, 3.05) is 31.6 Å². The molecule has 148 valence electrons. The molecule has 8 nitrogen and oxygen atoms in total. The first-order valence-corrected chi connectivity index (χ1v) is 9.23. The van der Waals surface area contributed by atoms with Crippen molar-refractivity contribution in [2.45, 2.75) is 0 Å². The lowest BCUT2D eigenvalue weighted by molar-refractivity contribution is -0.130. The molecule has 1 aliphatic rings. The fourth-order valence-corrected chi connectivity index (χ4v) is 3.22. The molecule has 3 N–H and O–H groups in total. The van der Waals surface area contributed by atoms with E-state index in [1.807, 2.05) is 6.07 Å². The molecule has 29 heavy (non-hydrogen) atoms. The number of ether oxygens (including phenoxy) is 1. The van der Waals surface area contributed by atoms with Gasteiger partial charge in [0, 0.05) is 30.2 Å². The molecule has 8 heteroatoms. The van der Waals surface area contributed by atoms with E-state index in [0.29, 0.717) is 48.8 Å². The number of hydrogen-bond acceptors (Lipinski definition) is 4. The van der Waals surface area contributed by atoms with Crippen LogP contribution in [0.1, 0.15) is 11.1 Å². The summed E-state index contributed by atoms with van der Waals surface area (Å²) >= 11 is 0. The number of aromatic amines is 1. The second kappa shape index (κ2) is 8.15. The highest BCUT2D eigenvalue weighted by Gasteiger charge is 2.17. The third kappa shape index (κ3) is 4.12. The summed E-state index contributed by atoms with van der Waals surface area (Å²) in [6.45, 7) is 2.13. The number of carbonyl (C=O) groups is 2. The van der Waals surface area contributed by atoms with Gasteiger partial charge in [0.15, 0.2) is 0 Å². The van der Waals surface area contributed by atoms with Gasteiger partial charge in [-0.25, -0.2) is 14.6 Å². The first-order chi connectivity index (χ1) is 14.1. The Morgan fingerprint density at radius 2 is 1.97 bits per heavy atom. The lowest BCUT2D eigenvalue weighted by Crippen LogP contribution is -2.43. The topological polar surface area (TPSA) is 108 Å². The van der Waals surface area contributed by atoms with Gasteiger partial charge in [0.05, 0.1) is 30.7 Å². The quantitative estimate of drug-likeness (QED) is 0.592. The van der Waals surface area contributed by atoms with Crippen LogP contribution in [0.5, 0.6) is 0 Å². The predicted molar refractivity (Wildman–Crippen MR) is 109 cm³/mol. The summed E-state index contributed by atoms with van der Waals surface area (Å²) in [6.07, 6.45) is 4.88. The maximum atomic E-state index is 12.4. The maximum absolute atomic E-state index is 12.4. The Hall–Kier alpha value is -3.65. The summed E-state index contributed by atoms with van der Waals surface area (Å²) in [5.74, 6) is -1.02. The summed E-state index contributed by atoms with van der Waals surface area (Å²) in [5, 5.41) is 13.2. The number of H-pyrrole nitrogens is 1. The predicted octanol–water partition coefficient (Wildman–Crippen LogP) is 3.05. The zero-order valence-electron chi connectivity index (χ0n) is 15.6. The van der Waals surface area contributed by atoms with Gasteiger partial charge >= 0.3 is 12.0 Å². The average molecular weight is 392 g/mol. The van der Waals surface area contributed by atoms with E-state index in [1.54, 1.807) is 53.7 Å². The van der Waals surface area contributed by atoms with Crippen molar-refractivity contribution < 1.29 is 19.4 Å². The number of nitrogens with one attached hydrogen (secondary N) is 2. The van der Waals surface area contributed by atoms with Crippen molar-refractivity contribution in [1.29, 1.82) is 0 Å². The van der Waals surface area contributed by atoms with Gasteiger partial charge in [0.2, 0.25) is 0 Å². The maximum Gasteiger partial charge on any atom is 0.336 e. The van der Waals surface area contributed by atoms with Crippen molar-refractivity contribution >= 4 is 40.4 Å². The minimum atomic E-state index is -1.02. The third-order valence-electron chi connectivity index (χ3n) is 4.73. The molecule has 0 aliphatic carbocycles. The minimum Gasteiger partial charge on any atom is -0.478 e. The Labute approximate surface area is 166 Å². The summed E-state index contributed by atoms with van der Waals surface area (Å²) in [6, 6.07) is 10.5. The number of nitrogens with zero attached hydrogens (tertiary/aromatic N) is 2. The first kappa shape index (κ1) is 18.7. The monoisotopic (exact) mass is 392 g/mol. The van der Waals surface area contributed by atoms with Crippen LogP contribution in [0.25, 0.3) is 22.7 Å². The van der Waals surface area contributed by atoms with Crippen LogP contribution in [0.2, 0.25) is 0 Å². The molecule has 2 aromatic heterocycles. The molecule has 1 fully saturated rings. The van der Waals surface area contributed by atoms with Gasteiger partial charge in [0.1, 0.15) is 5.65 Å². The number of aromatic nitrogens is 2. The lowest BCUT2D eigenvalue weighted by Gasteiger charge is -2.26. The zero-order valence-corrected chi connectivity index (χ0v) is 15.6. The van der Waals surface area contributed by atoms with Crippen LogP contribution >= 0.6 is 0 Å². The minimum absolute atomic E-state index is 0.175. The van der Waals surface area contributed by atoms with Crippen molar-refractivity contribution in [3.63, 3.8) is 0 Å². The molecule has 1 aliphatic heterocycles. The standard InChI is InChI=1S/C21H20N4O4/c26-20(27)18(14-4-2-1-3-5-14)10-15-12-22-19-17(15)11-16(13-23-19)24-21(28)25-6-8-29-9-7-25/h1-5,10-13H,6-9H2,(H,22,23)(H,24,28)(H,26,27)/b18-10+. The molecule has 0 saturated carbocycles. The summed E-state index contributed by atoms with van der Waals surface area (Å²) in [4.78, 5) is 33.3. The molecule has 0 unspecified atom stereocenters. The molecule has 0 atom stereocenters. The number of fused-ring (bicyclic) bond motifs is 1. The number of carbonyl (C=O) groups excluding carboxylic acids is 1. The lowest BCUT2D eigenvalue weighted by atomic mass is 10.0. The first-order valence-electron chi connectivity index (χ1n) is 9.23. The van der Waals surface area contributed by atoms with Crippen LogP contribution in [0.3, 0.4) is 0 Å². The van der Waals surface area contributed by atoms with Crippen LogP contribution < -0.4 is 5.32 Å². The van der Waals surface area contributed by atoms with E-state index in [0.717, 1.165) is 5.39 Å². The number of carboxylic acids is 1. The van der Waals surface area contributed by atoms with Gasteiger partial charge in [-0.3, -0.25) is 0 Å². The summed E-state index contributed by atoms with van der Waals surface area (Å²) in [5.41, 5.74) is 2.61. The SMILES string of the molecule is O=C(O)/C(=C/c1c[nH]c2ncc(NC(=O)N3CCOCC3)cc12)c1ccccc1. The van der Waals surface area contributed by atoms with Crippen molar-refractivity contribution in [2.24, 2.45) is 0 Å². The fourth-order valence-electron chi connectivity index (χ4n) is 3.22. The number of aliphatic carboxylic acids is 1. The molecular formula is C21H20N4O4. The van der Waals surface area contributed by atoms with Crippen LogP contribution in [0, 0.1) is 0 Å². The Bertz CT molecular complexity index is 1070. The highest BCUT2D eigenvalue weighted by atomic mass is 16.5. The molecule has 0 bridgehead atoms. The molecule has 3 aromatic rings. The number of morpholine rings is 1. The fraction of sp³-hybridized carbons (Fsp3) is 0.190. The largest absolute Gasteiger partial charge is 0.478 e. The molecule has 0 radical (unpaired) electrons. The number of urea groups is 1. The normalized spacial score (nSPS) is 14.8. The number of rotatable bonds is 4. The van der Waals surface area contributed by atoms with Crippen LogP contribution in [-0.4, -0.2) is 58.3 Å². The third-order valence-corrected chi connectivity index (χ3v) is 4.73. The summed E-state index contributed by atoms with van der Waals surface area (Å²) < 4.78 is 5.26. The molecular weight excluding hydrogens is 372 g/mol. The van der Waals surface area contributed by atoms with Gasteiger partial charge in [-0.05, 0) is 17.7 Å². The van der Waals surface area contributed by atoms with Gasteiger partial charge in [0.25, 0.3) is 0 Å². The van der Waals surface area contributed by atoms with E-state index in [4.69, 9.17) is 4.74 Å². The second-order valence-electron chi connectivity index (χ2n) is 6.62. The van der Waals surface area contributed by atoms with E-state index < -0.39 is 5.97 Å². The van der Waals surface area contributed by atoms with E-state index in [1.165, 1.54) is 0 Å². The number of benzene rings is 1. The van der Waals surface area contributed by atoms with Crippen LogP contribution in [0.4, 0.5) is 10.5 Å². The molecule has 3 heterocycles. The Balaban J connectivity index is 1.64. The van der Waals surface area contributed by atoms with Gasteiger partial charge in [-0.15, -0.1) is 0 Å². The molecule has 1 saturated heterocycles. The van der Waals surface area contributed by atoms with E-state index >= 15 is 0 Å². The van der Waals surface area contributed by atoms with Crippen LogP contribution in [-0.2, 0) is 9.53 Å². The summed E-state index contributed by atoms with van der Waals surface area (Å²) in [7, 11) is 0. The Morgan fingerprint density at radius 1 is 1.21 bits per heavy atom. The number of carboxylic acid groups (broad SMARTS) is 1. The average Bonchev–Trinajstić information content (AvgIpc) is 3.15. The van der Waals surface area contributed by atoms with Crippen molar-refractivity contribution in [3.8, 4) is 0 Å². The molecule has 4 rings (SSSR count). The van der Waals surface area contributed by atoms with Gasteiger partial charge < -0.3 is 25.0 Å². The Kier molecular flexibility index (Phi) is 5.26. The van der Waals surface area contributed by atoms with Crippen molar-refractivity contribution in [3.05, 3.63) is 59.9 Å². The highest BCUT2D eigenvalue weighted by Crippen LogP contribution is 2.25. The second-order valence-corrected chi connectivity index (χ2v) is 6.62. The molecule has 2 amide bonds. The number of anilines is 1. The van der Waals surface area contributed by atoms with Crippen molar-refractivity contribution in [1.82, 2.24) is 14.9 Å². The van der Waals surface area contributed by atoms with Gasteiger partial charge in [-0.1, -0.05) is 30.3 Å². The molecule has 1 aromatic carbocycles.